The van der Waals surface area contributed by atoms with Gasteiger partial charge in [0.1, 0.15) is 5.78 Å². The van der Waals surface area contributed by atoms with E-state index in [4.69, 9.17) is 0 Å². The maximum absolute atomic E-state index is 12.8. The third-order valence-electron chi connectivity index (χ3n) is 5.73. The van der Waals surface area contributed by atoms with Crippen LogP contribution in [0.4, 0.5) is 0 Å². The van der Waals surface area contributed by atoms with Crippen molar-refractivity contribution in [2.24, 2.45) is 29.1 Å². The van der Waals surface area contributed by atoms with Gasteiger partial charge in [0.2, 0.25) is 0 Å². The Morgan fingerprint density at radius 3 is 2.00 bits per heavy atom. The van der Waals surface area contributed by atoms with Gasteiger partial charge in [-0.15, -0.1) is 0 Å². The van der Waals surface area contributed by atoms with Crippen molar-refractivity contribution in [3.8, 4) is 0 Å². The van der Waals surface area contributed by atoms with E-state index in [-0.39, 0.29) is 5.41 Å². The van der Waals surface area contributed by atoms with Gasteiger partial charge in [0.05, 0.1) is 0 Å². The van der Waals surface area contributed by atoms with Crippen LogP contribution in [0.15, 0.2) is 0 Å². The molecule has 0 heterocycles. The highest BCUT2D eigenvalue weighted by molar-refractivity contribution is 5.87. The van der Waals surface area contributed by atoms with Crippen LogP contribution in [0.2, 0.25) is 0 Å². The lowest BCUT2D eigenvalue weighted by Gasteiger charge is -2.56. The van der Waals surface area contributed by atoms with Gasteiger partial charge in [-0.2, -0.15) is 0 Å². The fourth-order valence-electron chi connectivity index (χ4n) is 5.50. The van der Waals surface area contributed by atoms with Crippen LogP contribution in [0.5, 0.6) is 0 Å². The summed E-state index contributed by atoms with van der Waals surface area (Å²) in [6.45, 7) is 4.37. The molecule has 0 amide bonds. The summed E-state index contributed by atoms with van der Waals surface area (Å²) in [4.78, 5) is 12.8. The highest BCUT2D eigenvalue weighted by atomic mass is 16.1. The van der Waals surface area contributed by atoms with E-state index in [9.17, 15) is 4.79 Å². The average molecular weight is 234 g/mol. The Kier molecular flexibility index (Phi) is 2.83. The summed E-state index contributed by atoms with van der Waals surface area (Å²) in [5, 5.41) is 0. The summed E-state index contributed by atoms with van der Waals surface area (Å²) in [7, 11) is 0. The van der Waals surface area contributed by atoms with Crippen LogP contribution in [0.1, 0.15) is 65.2 Å². The van der Waals surface area contributed by atoms with Crippen LogP contribution in [-0.2, 0) is 4.79 Å². The van der Waals surface area contributed by atoms with Gasteiger partial charge in [-0.25, -0.2) is 0 Å². The molecule has 4 fully saturated rings. The molecule has 4 aliphatic carbocycles. The van der Waals surface area contributed by atoms with Crippen molar-refractivity contribution in [1.82, 2.24) is 0 Å². The highest BCUT2D eigenvalue weighted by Gasteiger charge is 2.54. The number of ketones is 1. The van der Waals surface area contributed by atoms with Crippen molar-refractivity contribution in [3.63, 3.8) is 0 Å². The molecule has 0 aromatic carbocycles. The van der Waals surface area contributed by atoms with Gasteiger partial charge in [0, 0.05) is 11.3 Å². The van der Waals surface area contributed by atoms with Crippen molar-refractivity contribution in [2.45, 2.75) is 65.2 Å². The summed E-state index contributed by atoms with van der Waals surface area (Å²) in [5.74, 6) is 3.66. The maximum atomic E-state index is 12.8. The zero-order chi connectivity index (χ0) is 12.0. The first-order chi connectivity index (χ1) is 8.13. The molecule has 1 atom stereocenters. The number of carbonyl (C=O) groups excluding carboxylic acids is 1. The molecule has 0 aromatic heterocycles. The number of Topliss-reactive ketones (excluding diaryl/α,β-unsaturated/α-hetero) is 1. The SMILES string of the molecule is CCCC(C)C(=O)C12CC3CC(CC(C3)C1)C2. The Hall–Kier alpha value is -0.330. The molecular formula is C16H26O. The second-order valence-electron chi connectivity index (χ2n) is 7.25. The van der Waals surface area contributed by atoms with Crippen LogP contribution in [0.3, 0.4) is 0 Å². The Balaban J connectivity index is 1.79. The summed E-state index contributed by atoms with van der Waals surface area (Å²) in [6.07, 6.45) is 10.3. The minimum absolute atomic E-state index is 0.142. The minimum atomic E-state index is 0.142. The van der Waals surface area contributed by atoms with E-state index in [1.54, 1.807) is 0 Å². The lowest BCUT2D eigenvalue weighted by Crippen LogP contribution is -2.51. The second-order valence-corrected chi connectivity index (χ2v) is 7.25. The first kappa shape index (κ1) is 11.7. The molecule has 1 nitrogen and oxygen atoms in total. The predicted octanol–water partition coefficient (Wildman–Crippen LogP) is 4.21. The normalized spacial score (nSPS) is 44.9. The number of carbonyl (C=O) groups is 1. The third-order valence-corrected chi connectivity index (χ3v) is 5.73. The van der Waals surface area contributed by atoms with Crippen LogP contribution in [-0.4, -0.2) is 5.78 Å². The number of rotatable bonds is 4. The van der Waals surface area contributed by atoms with Crippen molar-refractivity contribution in [1.29, 1.82) is 0 Å². The summed E-state index contributed by atoms with van der Waals surface area (Å²) in [5.41, 5.74) is 0.142. The van der Waals surface area contributed by atoms with Crippen molar-refractivity contribution in [3.05, 3.63) is 0 Å². The topological polar surface area (TPSA) is 17.1 Å². The maximum Gasteiger partial charge on any atom is 0.141 e. The van der Waals surface area contributed by atoms with Gasteiger partial charge in [-0.3, -0.25) is 4.79 Å². The Morgan fingerprint density at radius 1 is 1.12 bits per heavy atom. The molecule has 4 bridgehead atoms. The molecule has 0 spiro atoms. The standard InChI is InChI=1S/C16H26O/c1-3-4-11(2)15(17)16-8-12-5-13(9-16)7-14(6-12)10-16/h11-14H,3-10H2,1-2H3. The van der Waals surface area contributed by atoms with Crippen LogP contribution in [0.25, 0.3) is 0 Å². The van der Waals surface area contributed by atoms with Crippen molar-refractivity contribution < 1.29 is 4.79 Å². The molecule has 4 rings (SSSR count). The van der Waals surface area contributed by atoms with E-state index in [0.29, 0.717) is 11.7 Å². The number of hydrogen-bond acceptors (Lipinski definition) is 1. The summed E-state index contributed by atoms with van der Waals surface area (Å²) >= 11 is 0. The lowest BCUT2D eigenvalue weighted by molar-refractivity contribution is -0.147. The zero-order valence-corrected chi connectivity index (χ0v) is 11.4. The van der Waals surface area contributed by atoms with Crippen LogP contribution in [0, 0.1) is 29.1 Å². The van der Waals surface area contributed by atoms with Gasteiger partial charge >= 0.3 is 0 Å². The molecule has 96 valence electrons. The second kappa shape index (κ2) is 4.10. The molecule has 0 N–H and O–H groups in total. The molecule has 0 saturated heterocycles. The first-order valence-electron chi connectivity index (χ1n) is 7.67. The van der Waals surface area contributed by atoms with E-state index in [2.05, 4.69) is 13.8 Å². The molecule has 1 heteroatoms. The lowest BCUT2D eigenvalue weighted by atomic mass is 9.47. The zero-order valence-electron chi connectivity index (χ0n) is 11.4. The van der Waals surface area contributed by atoms with Crippen LogP contribution < -0.4 is 0 Å². The van der Waals surface area contributed by atoms with Gasteiger partial charge in [0.15, 0.2) is 0 Å². The first-order valence-corrected chi connectivity index (χ1v) is 7.67. The molecule has 0 aliphatic heterocycles. The number of hydrogen-bond donors (Lipinski definition) is 0. The van der Waals surface area contributed by atoms with E-state index in [1.165, 1.54) is 38.5 Å². The summed E-state index contributed by atoms with van der Waals surface area (Å²) in [6, 6.07) is 0. The molecule has 0 radical (unpaired) electrons. The third kappa shape index (κ3) is 1.86. The van der Waals surface area contributed by atoms with E-state index in [0.717, 1.165) is 30.6 Å². The summed E-state index contributed by atoms with van der Waals surface area (Å²) < 4.78 is 0. The smallest absolute Gasteiger partial charge is 0.141 e. The Morgan fingerprint density at radius 2 is 1.59 bits per heavy atom. The minimum Gasteiger partial charge on any atom is -0.299 e. The molecular weight excluding hydrogens is 208 g/mol. The van der Waals surface area contributed by atoms with Gasteiger partial charge < -0.3 is 0 Å². The fraction of sp³-hybridized carbons (Fsp3) is 0.938. The monoisotopic (exact) mass is 234 g/mol. The van der Waals surface area contributed by atoms with Gasteiger partial charge in [0.25, 0.3) is 0 Å². The van der Waals surface area contributed by atoms with Gasteiger partial charge in [-0.1, -0.05) is 20.3 Å². The highest BCUT2D eigenvalue weighted by Crippen LogP contribution is 2.61. The molecule has 4 aliphatic rings. The average Bonchev–Trinajstić information content (AvgIpc) is 2.26. The van der Waals surface area contributed by atoms with E-state index < -0.39 is 0 Å². The molecule has 0 aromatic rings. The Bertz CT molecular complexity index is 282. The predicted molar refractivity (Wildman–Crippen MR) is 69.7 cm³/mol. The molecule has 4 saturated carbocycles. The van der Waals surface area contributed by atoms with Crippen molar-refractivity contribution in [2.75, 3.05) is 0 Å². The van der Waals surface area contributed by atoms with Gasteiger partial charge in [-0.05, 0) is 62.7 Å². The quantitative estimate of drug-likeness (QED) is 0.712. The molecule has 17 heavy (non-hydrogen) atoms. The van der Waals surface area contributed by atoms with Crippen LogP contribution >= 0.6 is 0 Å². The largest absolute Gasteiger partial charge is 0.299 e. The Labute approximate surface area is 105 Å². The van der Waals surface area contributed by atoms with E-state index in [1.807, 2.05) is 0 Å². The fourth-order valence-corrected chi connectivity index (χ4v) is 5.50. The van der Waals surface area contributed by atoms with E-state index >= 15 is 0 Å². The van der Waals surface area contributed by atoms with Crippen molar-refractivity contribution >= 4 is 5.78 Å². The molecule has 1 unspecified atom stereocenters.